The summed E-state index contributed by atoms with van der Waals surface area (Å²) >= 11 is 0. The quantitative estimate of drug-likeness (QED) is 0.564. The Morgan fingerprint density at radius 2 is 2.06 bits per heavy atom. The van der Waals surface area contributed by atoms with Crippen LogP contribution in [0.4, 0.5) is 8.78 Å². The number of benzene rings is 1. The normalized spacial score (nSPS) is 15.4. The van der Waals surface area contributed by atoms with Crippen molar-refractivity contribution in [1.82, 2.24) is 19.7 Å². The van der Waals surface area contributed by atoms with Crippen molar-refractivity contribution in [1.29, 1.82) is 0 Å². The number of nitrogens with zero attached hydrogens (tertiary/aromatic N) is 4. The number of ether oxygens (including phenoxy) is 1. The second-order valence-corrected chi connectivity index (χ2v) is 7.73. The third kappa shape index (κ3) is 4.55. The van der Waals surface area contributed by atoms with E-state index in [1.807, 2.05) is 13.0 Å². The summed E-state index contributed by atoms with van der Waals surface area (Å²) in [5.74, 6) is -2.87. The van der Waals surface area contributed by atoms with Crippen LogP contribution >= 0.6 is 0 Å². The minimum absolute atomic E-state index is 0.0414. The van der Waals surface area contributed by atoms with Crippen molar-refractivity contribution >= 4 is 22.6 Å². The lowest BCUT2D eigenvalue weighted by Crippen LogP contribution is -2.34. The number of methoxy groups -OCH3 is 1. The van der Waals surface area contributed by atoms with E-state index in [0.717, 1.165) is 16.0 Å². The van der Waals surface area contributed by atoms with E-state index in [1.54, 1.807) is 30.5 Å². The lowest BCUT2D eigenvalue weighted by atomic mass is 10.0. The molecule has 9 heteroatoms. The number of hydrogen-bond donors (Lipinski definition) is 0. The largest absolute Gasteiger partial charge is 0.496 e. The Balaban J connectivity index is 1.54. The predicted octanol–water partition coefficient (Wildman–Crippen LogP) is 3.04. The van der Waals surface area contributed by atoms with E-state index in [9.17, 15) is 18.4 Å². The van der Waals surface area contributed by atoms with Gasteiger partial charge in [-0.05, 0) is 25.1 Å². The van der Waals surface area contributed by atoms with Gasteiger partial charge in [0.25, 0.3) is 5.92 Å². The van der Waals surface area contributed by atoms with Gasteiger partial charge in [0.1, 0.15) is 18.0 Å². The van der Waals surface area contributed by atoms with Gasteiger partial charge < -0.3 is 9.64 Å². The average molecular weight is 428 g/mol. The molecule has 0 atom stereocenters. The minimum atomic E-state index is -2.83. The Kier molecular flexibility index (Phi) is 5.43. The van der Waals surface area contributed by atoms with Crippen molar-refractivity contribution in [2.75, 3.05) is 20.2 Å². The van der Waals surface area contributed by atoms with Crippen LogP contribution < -0.4 is 4.74 Å². The van der Waals surface area contributed by atoms with Crippen molar-refractivity contribution in [2.24, 2.45) is 0 Å². The molecule has 0 bridgehead atoms. The second-order valence-electron chi connectivity index (χ2n) is 7.73. The molecule has 0 aliphatic carbocycles. The zero-order chi connectivity index (χ0) is 22.2. The Morgan fingerprint density at radius 3 is 2.74 bits per heavy atom. The van der Waals surface area contributed by atoms with E-state index >= 15 is 0 Å². The lowest BCUT2D eigenvalue weighted by Gasteiger charge is -2.15. The molecule has 4 rings (SSSR count). The second kappa shape index (κ2) is 8.05. The first-order valence-corrected chi connectivity index (χ1v) is 9.91. The predicted molar refractivity (Wildman–Crippen MR) is 109 cm³/mol. The van der Waals surface area contributed by atoms with E-state index < -0.39 is 18.4 Å². The number of pyridine rings is 1. The van der Waals surface area contributed by atoms with Gasteiger partial charge >= 0.3 is 0 Å². The summed E-state index contributed by atoms with van der Waals surface area (Å²) in [7, 11) is 1.51. The topological polar surface area (TPSA) is 77.3 Å². The van der Waals surface area contributed by atoms with E-state index in [4.69, 9.17) is 4.74 Å². The van der Waals surface area contributed by atoms with Gasteiger partial charge in [-0.25, -0.2) is 8.78 Å². The maximum Gasteiger partial charge on any atom is 0.267 e. The molecule has 31 heavy (non-hydrogen) atoms. The van der Waals surface area contributed by atoms with Crippen LogP contribution in [0.15, 0.2) is 36.5 Å². The number of aryl methyl sites for hydroxylation is 1. The third-order valence-corrected chi connectivity index (χ3v) is 5.30. The van der Waals surface area contributed by atoms with Crippen molar-refractivity contribution in [3.8, 4) is 5.75 Å². The molecule has 0 unspecified atom stereocenters. The standard InChI is InChI=1S/C22H22F2N4O3/c1-14-4-3-5-17(25-14)19(29)9-15-8-16-11-28(26-18(16)10-20(15)31-2)12-21(30)27-7-6-22(23,24)13-27/h3-5,8,10-11H,6-7,9,12-13H2,1-2H3. The van der Waals surface area contributed by atoms with Crippen LogP contribution in [-0.4, -0.2) is 57.5 Å². The highest BCUT2D eigenvalue weighted by Gasteiger charge is 2.40. The van der Waals surface area contributed by atoms with E-state index in [-0.39, 0.29) is 31.7 Å². The molecule has 3 heterocycles. The highest BCUT2D eigenvalue weighted by molar-refractivity contribution is 5.97. The summed E-state index contributed by atoms with van der Waals surface area (Å²) in [4.78, 5) is 30.5. The fourth-order valence-electron chi connectivity index (χ4n) is 3.71. The fourth-order valence-corrected chi connectivity index (χ4v) is 3.71. The molecule has 1 fully saturated rings. The Bertz CT molecular complexity index is 1160. The molecule has 0 N–H and O–H groups in total. The zero-order valence-corrected chi connectivity index (χ0v) is 17.3. The van der Waals surface area contributed by atoms with Gasteiger partial charge in [-0.3, -0.25) is 19.3 Å². The molecule has 0 spiro atoms. The summed E-state index contributed by atoms with van der Waals surface area (Å²) in [5.41, 5.74) is 2.40. The highest BCUT2D eigenvalue weighted by atomic mass is 19.3. The van der Waals surface area contributed by atoms with Crippen molar-refractivity contribution < 1.29 is 23.1 Å². The molecular formula is C22H22F2N4O3. The Labute approximate surface area is 177 Å². The average Bonchev–Trinajstić information content (AvgIpc) is 3.28. The van der Waals surface area contributed by atoms with Gasteiger partial charge in [-0.1, -0.05) is 6.07 Å². The summed E-state index contributed by atoms with van der Waals surface area (Å²) < 4.78 is 33.6. The monoisotopic (exact) mass is 428 g/mol. The number of alkyl halides is 2. The summed E-state index contributed by atoms with van der Waals surface area (Å²) in [6, 6.07) is 8.77. The van der Waals surface area contributed by atoms with E-state index in [1.165, 1.54) is 11.8 Å². The molecular weight excluding hydrogens is 406 g/mol. The number of hydrogen-bond acceptors (Lipinski definition) is 5. The first-order valence-electron chi connectivity index (χ1n) is 9.91. The lowest BCUT2D eigenvalue weighted by molar-refractivity contribution is -0.132. The van der Waals surface area contributed by atoms with Gasteiger partial charge in [0.2, 0.25) is 5.91 Å². The number of likely N-dealkylation sites (tertiary alicyclic amines) is 1. The van der Waals surface area contributed by atoms with Crippen LogP contribution in [0.25, 0.3) is 10.9 Å². The minimum Gasteiger partial charge on any atom is -0.496 e. The van der Waals surface area contributed by atoms with Crippen LogP contribution in [0.1, 0.15) is 28.2 Å². The van der Waals surface area contributed by atoms with Crippen LogP contribution in [0.5, 0.6) is 5.75 Å². The molecule has 0 radical (unpaired) electrons. The van der Waals surface area contributed by atoms with Gasteiger partial charge in [-0.2, -0.15) is 5.10 Å². The van der Waals surface area contributed by atoms with E-state index in [2.05, 4.69) is 10.1 Å². The molecule has 1 aromatic carbocycles. The highest BCUT2D eigenvalue weighted by Crippen LogP contribution is 2.28. The number of carbonyl (C=O) groups is 2. The zero-order valence-electron chi connectivity index (χ0n) is 17.3. The van der Waals surface area contributed by atoms with Gasteiger partial charge in [0, 0.05) is 48.3 Å². The number of rotatable bonds is 6. The molecule has 7 nitrogen and oxygen atoms in total. The van der Waals surface area contributed by atoms with Crippen LogP contribution in [0.3, 0.4) is 0 Å². The maximum absolute atomic E-state index is 13.4. The van der Waals surface area contributed by atoms with Gasteiger partial charge in [-0.15, -0.1) is 0 Å². The van der Waals surface area contributed by atoms with Crippen molar-refractivity contribution in [2.45, 2.75) is 32.2 Å². The van der Waals surface area contributed by atoms with Crippen LogP contribution in [-0.2, 0) is 17.8 Å². The molecule has 1 aliphatic rings. The summed E-state index contributed by atoms with van der Waals surface area (Å²) in [6.07, 6.45) is 1.45. The first-order chi connectivity index (χ1) is 14.7. The number of fused-ring (bicyclic) bond motifs is 1. The fraction of sp³-hybridized carbons (Fsp3) is 0.364. The molecule has 0 saturated carbocycles. The smallest absolute Gasteiger partial charge is 0.267 e. The maximum atomic E-state index is 13.4. The Hall–Kier alpha value is -3.36. The number of halogens is 2. The third-order valence-electron chi connectivity index (χ3n) is 5.30. The molecule has 1 saturated heterocycles. The SMILES string of the molecule is COc1cc2nn(CC(=O)N3CCC(F)(F)C3)cc2cc1CC(=O)c1cccc(C)n1. The summed E-state index contributed by atoms with van der Waals surface area (Å²) in [5, 5.41) is 5.09. The number of Topliss-reactive ketones (excluding diaryl/α,β-unsaturated/α-hetero) is 1. The first kappa shape index (κ1) is 20.9. The molecule has 3 aromatic rings. The van der Waals surface area contributed by atoms with Gasteiger partial charge in [0.15, 0.2) is 5.78 Å². The van der Waals surface area contributed by atoms with Crippen molar-refractivity contribution in [3.05, 3.63) is 53.5 Å². The summed E-state index contributed by atoms with van der Waals surface area (Å²) in [6.45, 7) is 1.18. The molecule has 1 aliphatic heterocycles. The Morgan fingerprint density at radius 1 is 1.26 bits per heavy atom. The molecule has 162 valence electrons. The van der Waals surface area contributed by atoms with Crippen LogP contribution in [0, 0.1) is 6.92 Å². The number of carbonyl (C=O) groups excluding carboxylic acids is 2. The molecule has 2 aromatic heterocycles. The van der Waals surface area contributed by atoms with E-state index in [0.29, 0.717) is 22.5 Å². The van der Waals surface area contributed by atoms with Gasteiger partial charge in [0.05, 0.1) is 19.2 Å². The number of ketones is 1. The number of aromatic nitrogens is 3. The number of amides is 1. The van der Waals surface area contributed by atoms with Crippen molar-refractivity contribution in [3.63, 3.8) is 0 Å². The van der Waals surface area contributed by atoms with Crippen LogP contribution in [0.2, 0.25) is 0 Å². The molecule has 1 amide bonds.